The number of aromatic amines is 1. The molecule has 8 nitrogen and oxygen atoms in total. The summed E-state index contributed by atoms with van der Waals surface area (Å²) in [7, 11) is 0. The van der Waals surface area contributed by atoms with Crippen molar-refractivity contribution in [2.45, 2.75) is 12.5 Å². The number of carbonyl (C=O) groups is 3. The van der Waals surface area contributed by atoms with Crippen LogP contribution in [-0.2, 0) is 9.59 Å². The molecule has 0 fully saturated rings. The van der Waals surface area contributed by atoms with Gasteiger partial charge in [0.25, 0.3) is 5.91 Å². The molecular weight excluding hydrogens is 286 g/mol. The van der Waals surface area contributed by atoms with Gasteiger partial charge in [-0.1, -0.05) is 12.1 Å². The molecule has 0 aliphatic carbocycles. The summed E-state index contributed by atoms with van der Waals surface area (Å²) in [4.78, 5) is 36.2. The number of rotatable bonds is 3. The fourth-order valence-corrected chi connectivity index (χ4v) is 2.17. The molecule has 4 N–H and O–H groups in total. The average molecular weight is 299 g/mol. The summed E-state index contributed by atoms with van der Waals surface area (Å²) in [5.74, 6) is -0.810. The van der Waals surface area contributed by atoms with E-state index in [0.29, 0.717) is 17.1 Å². The molecule has 3 rings (SSSR count). The molecule has 0 bridgehead atoms. The first kappa shape index (κ1) is 13.8. The summed E-state index contributed by atoms with van der Waals surface area (Å²) in [6, 6.07) is 7.31. The SMILES string of the molecule is O=C(CC1NC(=O)c2ccccc2NC1=O)Nc1ccn[nH]1. The van der Waals surface area contributed by atoms with Gasteiger partial charge < -0.3 is 16.0 Å². The Morgan fingerprint density at radius 3 is 2.82 bits per heavy atom. The highest BCUT2D eigenvalue weighted by Gasteiger charge is 2.29. The Hall–Kier alpha value is -3.16. The average Bonchev–Trinajstić information content (AvgIpc) is 2.95. The second kappa shape index (κ2) is 5.68. The van der Waals surface area contributed by atoms with Gasteiger partial charge in [-0.05, 0) is 12.1 Å². The quantitative estimate of drug-likeness (QED) is 0.660. The van der Waals surface area contributed by atoms with E-state index < -0.39 is 23.8 Å². The summed E-state index contributed by atoms with van der Waals surface area (Å²) in [6.07, 6.45) is 1.32. The van der Waals surface area contributed by atoms with Crippen LogP contribution in [0.25, 0.3) is 0 Å². The minimum absolute atomic E-state index is 0.176. The van der Waals surface area contributed by atoms with Gasteiger partial charge in [-0.3, -0.25) is 19.5 Å². The van der Waals surface area contributed by atoms with Crippen LogP contribution in [-0.4, -0.2) is 34.0 Å². The zero-order chi connectivity index (χ0) is 15.5. The molecular formula is C14H13N5O3. The maximum Gasteiger partial charge on any atom is 0.254 e. The highest BCUT2D eigenvalue weighted by atomic mass is 16.2. The number of para-hydroxylation sites is 1. The molecule has 2 aromatic rings. The van der Waals surface area contributed by atoms with Crippen LogP contribution in [0.2, 0.25) is 0 Å². The molecule has 8 heteroatoms. The van der Waals surface area contributed by atoms with Crippen molar-refractivity contribution in [2.75, 3.05) is 10.6 Å². The lowest BCUT2D eigenvalue weighted by atomic mass is 10.1. The van der Waals surface area contributed by atoms with Crippen molar-refractivity contribution < 1.29 is 14.4 Å². The van der Waals surface area contributed by atoms with Gasteiger partial charge in [0, 0.05) is 6.07 Å². The monoisotopic (exact) mass is 299 g/mol. The maximum atomic E-state index is 12.1. The molecule has 1 unspecified atom stereocenters. The topological polar surface area (TPSA) is 116 Å². The fourth-order valence-electron chi connectivity index (χ4n) is 2.17. The number of H-pyrrole nitrogens is 1. The lowest BCUT2D eigenvalue weighted by molar-refractivity contribution is -0.122. The second-order valence-electron chi connectivity index (χ2n) is 4.78. The minimum Gasteiger partial charge on any atom is -0.340 e. The Kier molecular flexibility index (Phi) is 3.57. The predicted octanol–water partition coefficient (Wildman–Crippen LogP) is 0.489. The van der Waals surface area contributed by atoms with Crippen molar-refractivity contribution in [1.29, 1.82) is 0 Å². The molecule has 1 aromatic carbocycles. The first-order chi connectivity index (χ1) is 10.6. The van der Waals surface area contributed by atoms with Crippen molar-refractivity contribution in [1.82, 2.24) is 15.5 Å². The number of fused-ring (bicyclic) bond motifs is 1. The van der Waals surface area contributed by atoms with E-state index in [-0.39, 0.29) is 6.42 Å². The lowest BCUT2D eigenvalue weighted by Crippen LogP contribution is -2.43. The number of aromatic nitrogens is 2. The molecule has 1 atom stereocenters. The molecule has 0 spiro atoms. The molecule has 1 aliphatic heterocycles. The van der Waals surface area contributed by atoms with Gasteiger partial charge in [0.15, 0.2) is 0 Å². The molecule has 0 radical (unpaired) electrons. The van der Waals surface area contributed by atoms with Gasteiger partial charge in [-0.15, -0.1) is 0 Å². The fraction of sp³-hybridized carbons (Fsp3) is 0.143. The summed E-state index contributed by atoms with van der Waals surface area (Å²) in [6.45, 7) is 0. The third kappa shape index (κ3) is 2.80. The Balaban J connectivity index is 1.71. The number of hydrogen-bond acceptors (Lipinski definition) is 4. The number of benzene rings is 1. The zero-order valence-electron chi connectivity index (χ0n) is 11.4. The Labute approximate surface area is 125 Å². The molecule has 3 amide bonds. The summed E-state index contributed by atoms with van der Waals surface area (Å²) in [5.41, 5.74) is 0.800. The van der Waals surface area contributed by atoms with Gasteiger partial charge in [0.05, 0.1) is 23.9 Å². The molecule has 112 valence electrons. The number of amides is 3. The summed E-state index contributed by atoms with van der Waals surface area (Å²) in [5, 5.41) is 14.0. The van der Waals surface area contributed by atoms with Crippen molar-refractivity contribution in [3.63, 3.8) is 0 Å². The molecule has 2 heterocycles. The van der Waals surface area contributed by atoms with Gasteiger partial charge >= 0.3 is 0 Å². The molecule has 1 aliphatic rings. The lowest BCUT2D eigenvalue weighted by Gasteiger charge is -2.13. The van der Waals surface area contributed by atoms with E-state index in [1.54, 1.807) is 30.3 Å². The van der Waals surface area contributed by atoms with Crippen molar-refractivity contribution in [2.24, 2.45) is 0 Å². The number of nitrogens with zero attached hydrogens (tertiary/aromatic N) is 1. The number of anilines is 2. The van der Waals surface area contributed by atoms with Gasteiger partial charge in [0.2, 0.25) is 11.8 Å². The van der Waals surface area contributed by atoms with Gasteiger partial charge in [-0.25, -0.2) is 0 Å². The van der Waals surface area contributed by atoms with Crippen LogP contribution in [0, 0.1) is 0 Å². The third-order valence-electron chi connectivity index (χ3n) is 3.22. The van der Waals surface area contributed by atoms with Crippen molar-refractivity contribution >= 4 is 29.2 Å². The van der Waals surface area contributed by atoms with Crippen LogP contribution >= 0.6 is 0 Å². The van der Waals surface area contributed by atoms with E-state index >= 15 is 0 Å². The number of carbonyl (C=O) groups excluding carboxylic acids is 3. The molecule has 1 aromatic heterocycles. The van der Waals surface area contributed by atoms with Crippen LogP contribution < -0.4 is 16.0 Å². The van der Waals surface area contributed by atoms with E-state index in [1.165, 1.54) is 6.20 Å². The molecule has 0 saturated carbocycles. The largest absolute Gasteiger partial charge is 0.340 e. The maximum absolute atomic E-state index is 12.1. The number of nitrogens with one attached hydrogen (secondary N) is 4. The standard InChI is InChI=1S/C14H13N5O3/c20-12(18-11-5-6-15-19-11)7-10-14(22)16-9-4-2-1-3-8(9)13(21)17-10/h1-6,10H,7H2,(H,16,22)(H,17,21)(H2,15,18,19,20). The van der Waals surface area contributed by atoms with E-state index in [0.717, 1.165) is 0 Å². The summed E-state index contributed by atoms with van der Waals surface area (Å²) < 4.78 is 0. The Morgan fingerprint density at radius 1 is 1.23 bits per heavy atom. The zero-order valence-corrected chi connectivity index (χ0v) is 11.4. The van der Waals surface area contributed by atoms with E-state index in [1.807, 2.05) is 0 Å². The van der Waals surface area contributed by atoms with Crippen LogP contribution in [0.4, 0.5) is 11.5 Å². The van der Waals surface area contributed by atoms with Gasteiger partial charge in [-0.2, -0.15) is 5.10 Å². The van der Waals surface area contributed by atoms with Crippen molar-refractivity contribution in [3.8, 4) is 0 Å². The highest BCUT2D eigenvalue weighted by molar-refractivity contribution is 6.11. The Morgan fingerprint density at radius 2 is 2.05 bits per heavy atom. The smallest absolute Gasteiger partial charge is 0.254 e. The van der Waals surface area contributed by atoms with Crippen LogP contribution in [0.3, 0.4) is 0 Å². The molecule has 0 saturated heterocycles. The summed E-state index contributed by atoms with van der Waals surface area (Å²) >= 11 is 0. The second-order valence-corrected chi connectivity index (χ2v) is 4.78. The van der Waals surface area contributed by atoms with E-state index in [9.17, 15) is 14.4 Å². The minimum atomic E-state index is -0.942. The Bertz CT molecular complexity index is 726. The predicted molar refractivity (Wildman–Crippen MR) is 78.2 cm³/mol. The van der Waals surface area contributed by atoms with E-state index in [4.69, 9.17) is 0 Å². The van der Waals surface area contributed by atoms with Crippen LogP contribution in [0.15, 0.2) is 36.5 Å². The highest BCUT2D eigenvalue weighted by Crippen LogP contribution is 2.18. The number of hydrogen-bond donors (Lipinski definition) is 4. The first-order valence-corrected chi connectivity index (χ1v) is 6.63. The van der Waals surface area contributed by atoms with Crippen LogP contribution in [0.1, 0.15) is 16.8 Å². The third-order valence-corrected chi connectivity index (χ3v) is 3.22. The molecule has 22 heavy (non-hydrogen) atoms. The normalized spacial score (nSPS) is 17.0. The first-order valence-electron chi connectivity index (χ1n) is 6.63. The van der Waals surface area contributed by atoms with E-state index in [2.05, 4.69) is 26.1 Å². The van der Waals surface area contributed by atoms with Crippen LogP contribution in [0.5, 0.6) is 0 Å². The van der Waals surface area contributed by atoms with Gasteiger partial charge in [0.1, 0.15) is 11.9 Å². The van der Waals surface area contributed by atoms with Crippen molar-refractivity contribution in [3.05, 3.63) is 42.1 Å².